The molecule has 6 nitrogen and oxygen atoms in total. The van der Waals surface area contributed by atoms with Crippen molar-refractivity contribution in [3.8, 4) is 16.9 Å². The van der Waals surface area contributed by atoms with Crippen molar-refractivity contribution in [3.63, 3.8) is 0 Å². The Kier molecular flexibility index (Phi) is 6.53. The first-order valence-electron chi connectivity index (χ1n) is 10.3. The maximum Gasteiger partial charge on any atom is 0.260 e. The maximum atomic E-state index is 13.1. The van der Waals surface area contributed by atoms with Gasteiger partial charge in [0, 0.05) is 31.7 Å². The van der Waals surface area contributed by atoms with Gasteiger partial charge in [-0.3, -0.25) is 4.79 Å². The topological polar surface area (TPSA) is 66.9 Å². The number of carbonyl (C=O) groups excluding carboxylic acids is 1. The van der Waals surface area contributed by atoms with Crippen LogP contribution < -0.4 is 4.74 Å². The molecule has 1 fully saturated rings. The van der Waals surface area contributed by atoms with Crippen LogP contribution in [-0.2, 0) is 14.8 Å². The minimum Gasteiger partial charge on any atom is -0.483 e. The van der Waals surface area contributed by atoms with Gasteiger partial charge in [-0.1, -0.05) is 48.5 Å². The molecule has 1 aliphatic heterocycles. The molecule has 1 aliphatic rings. The van der Waals surface area contributed by atoms with Gasteiger partial charge in [-0.15, -0.1) is 0 Å². The van der Waals surface area contributed by atoms with Crippen molar-refractivity contribution in [1.29, 1.82) is 0 Å². The Morgan fingerprint density at radius 3 is 2.16 bits per heavy atom. The molecule has 0 spiro atoms. The van der Waals surface area contributed by atoms with E-state index >= 15 is 0 Å². The fourth-order valence-corrected chi connectivity index (χ4v) is 5.04. The number of carbonyl (C=O) groups is 1. The Labute approximate surface area is 186 Å². The van der Waals surface area contributed by atoms with Crippen LogP contribution in [0, 0.1) is 5.82 Å². The summed E-state index contributed by atoms with van der Waals surface area (Å²) in [5.41, 5.74) is 1.89. The van der Waals surface area contributed by atoms with Crippen LogP contribution in [0.2, 0.25) is 0 Å². The third-order valence-electron chi connectivity index (χ3n) is 5.37. The summed E-state index contributed by atoms with van der Waals surface area (Å²) in [7, 11) is -3.72. The van der Waals surface area contributed by atoms with E-state index in [9.17, 15) is 17.6 Å². The number of piperazine rings is 1. The first-order valence-corrected chi connectivity index (χ1v) is 11.7. The van der Waals surface area contributed by atoms with Crippen LogP contribution in [0.1, 0.15) is 0 Å². The molecular formula is C24H23FN2O4S. The second-order valence-electron chi connectivity index (χ2n) is 7.39. The van der Waals surface area contributed by atoms with Crippen molar-refractivity contribution < 1.29 is 22.3 Å². The third kappa shape index (κ3) is 4.81. The number of para-hydroxylation sites is 1. The Morgan fingerprint density at radius 1 is 0.844 bits per heavy atom. The molecule has 0 bridgehead atoms. The van der Waals surface area contributed by atoms with Crippen molar-refractivity contribution in [1.82, 2.24) is 9.21 Å². The van der Waals surface area contributed by atoms with Gasteiger partial charge in [0.2, 0.25) is 10.0 Å². The number of hydrogen-bond acceptors (Lipinski definition) is 4. The zero-order valence-electron chi connectivity index (χ0n) is 17.4. The highest BCUT2D eigenvalue weighted by atomic mass is 32.2. The molecule has 4 rings (SSSR count). The molecule has 0 radical (unpaired) electrons. The summed E-state index contributed by atoms with van der Waals surface area (Å²) >= 11 is 0. The van der Waals surface area contributed by atoms with Crippen LogP contribution in [0.3, 0.4) is 0 Å². The molecular weight excluding hydrogens is 431 g/mol. The Balaban J connectivity index is 1.35. The Bertz CT molecular complexity index is 1180. The fourth-order valence-electron chi connectivity index (χ4n) is 3.61. The molecule has 1 saturated heterocycles. The zero-order valence-corrected chi connectivity index (χ0v) is 18.2. The predicted octanol–water partition coefficient (Wildman–Crippen LogP) is 3.40. The molecule has 0 saturated carbocycles. The van der Waals surface area contributed by atoms with Gasteiger partial charge in [0.05, 0.1) is 4.90 Å². The minimum atomic E-state index is -3.72. The quantitative estimate of drug-likeness (QED) is 0.573. The zero-order chi connectivity index (χ0) is 22.6. The van der Waals surface area contributed by atoms with E-state index in [1.54, 1.807) is 4.90 Å². The van der Waals surface area contributed by atoms with E-state index in [-0.39, 0.29) is 43.6 Å². The van der Waals surface area contributed by atoms with Crippen molar-refractivity contribution in [2.75, 3.05) is 32.8 Å². The summed E-state index contributed by atoms with van der Waals surface area (Å²) < 4.78 is 45.7. The lowest BCUT2D eigenvalue weighted by Crippen LogP contribution is -2.51. The summed E-state index contributed by atoms with van der Waals surface area (Å²) in [4.78, 5) is 14.3. The van der Waals surface area contributed by atoms with Crippen LogP contribution >= 0.6 is 0 Å². The highest BCUT2D eigenvalue weighted by Crippen LogP contribution is 2.29. The first-order chi connectivity index (χ1) is 15.4. The van der Waals surface area contributed by atoms with E-state index in [0.717, 1.165) is 23.3 Å². The van der Waals surface area contributed by atoms with Crippen molar-refractivity contribution in [2.24, 2.45) is 0 Å². The highest BCUT2D eigenvalue weighted by molar-refractivity contribution is 7.89. The van der Waals surface area contributed by atoms with Crippen LogP contribution in [-0.4, -0.2) is 56.3 Å². The molecule has 0 N–H and O–H groups in total. The second kappa shape index (κ2) is 9.50. The summed E-state index contributed by atoms with van der Waals surface area (Å²) in [6.45, 7) is 0.749. The molecule has 0 aliphatic carbocycles. The predicted molar refractivity (Wildman–Crippen MR) is 119 cm³/mol. The SMILES string of the molecule is O=C(COc1ccccc1-c1ccccc1)N1CCN(S(=O)(=O)c2ccc(F)cc2)CC1. The van der Waals surface area contributed by atoms with E-state index in [2.05, 4.69) is 0 Å². The van der Waals surface area contributed by atoms with Gasteiger partial charge in [-0.2, -0.15) is 4.31 Å². The number of hydrogen-bond donors (Lipinski definition) is 0. The van der Waals surface area contributed by atoms with Crippen molar-refractivity contribution in [3.05, 3.63) is 84.7 Å². The molecule has 166 valence electrons. The van der Waals surface area contributed by atoms with Gasteiger partial charge in [-0.25, -0.2) is 12.8 Å². The lowest BCUT2D eigenvalue weighted by Gasteiger charge is -2.34. The molecule has 3 aromatic rings. The van der Waals surface area contributed by atoms with Gasteiger partial charge in [0.15, 0.2) is 6.61 Å². The Morgan fingerprint density at radius 2 is 1.47 bits per heavy atom. The van der Waals surface area contributed by atoms with Gasteiger partial charge in [-0.05, 0) is 35.9 Å². The standard InChI is InChI=1S/C24H23FN2O4S/c25-20-10-12-21(13-11-20)32(29,30)27-16-14-26(15-17-27)24(28)18-31-23-9-5-4-8-22(23)19-6-2-1-3-7-19/h1-13H,14-18H2. The number of halogens is 1. The molecule has 0 unspecified atom stereocenters. The minimum absolute atomic E-state index is 0.0412. The summed E-state index contributed by atoms with van der Waals surface area (Å²) in [5, 5.41) is 0. The molecule has 1 amide bonds. The molecule has 8 heteroatoms. The van der Waals surface area contributed by atoms with Crippen LogP contribution in [0.4, 0.5) is 4.39 Å². The van der Waals surface area contributed by atoms with Gasteiger partial charge < -0.3 is 9.64 Å². The molecule has 0 atom stereocenters. The van der Waals surface area contributed by atoms with Gasteiger partial charge in [0.1, 0.15) is 11.6 Å². The summed E-state index contributed by atoms with van der Waals surface area (Å²) in [6, 6.07) is 22.0. The van der Waals surface area contributed by atoms with Crippen LogP contribution in [0.5, 0.6) is 5.75 Å². The normalized spacial score (nSPS) is 14.8. The molecule has 0 aromatic heterocycles. The molecule has 32 heavy (non-hydrogen) atoms. The largest absolute Gasteiger partial charge is 0.483 e. The van der Waals surface area contributed by atoms with Crippen LogP contribution in [0.15, 0.2) is 83.8 Å². The number of sulfonamides is 1. The van der Waals surface area contributed by atoms with E-state index in [4.69, 9.17) is 4.74 Å². The number of benzene rings is 3. The maximum absolute atomic E-state index is 13.1. The van der Waals surface area contributed by atoms with Gasteiger partial charge >= 0.3 is 0 Å². The monoisotopic (exact) mass is 454 g/mol. The second-order valence-corrected chi connectivity index (χ2v) is 9.33. The number of ether oxygens (including phenoxy) is 1. The average Bonchev–Trinajstić information content (AvgIpc) is 2.83. The lowest BCUT2D eigenvalue weighted by atomic mass is 10.1. The molecule has 3 aromatic carbocycles. The Hall–Kier alpha value is -3.23. The average molecular weight is 455 g/mol. The van der Waals surface area contributed by atoms with Crippen molar-refractivity contribution >= 4 is 15.9 Å². The number of rotatable bonds is 6. The third-order valence-corrected chi connectivity index (χ3v) is 7.28. The van der Waals surface area contributed by atoms with E-state index < -0.39 is 15.8 Å². The van der Waals surface area contributed by atoms with Crippen LogP contribution in [0.25, 0.3) is 11.1 Å². The first kappa shape index (κ1) is 22.0. The number of amides is 1. The van der Waals surface area contributed by atoms with E-state index in [1.807, 2.05) is 54.6 Å². The molecule has 1 heterocycles. The number of nitrogens with zero attached hydrogens (tertiary/aromatic N) is 2. The summed E-state index contributed by atoms with van der Waals surface area (Å²) in [6.07, 6.45) is 0. The van der Waals surface area contributed by atoms with E-state index in [0.29, 0.717) is 5.75 Å². The smallest absolute Gasteiger partial charge is 0.260 e. The fraction of sp³-hybridized carbons (Fsp3) is 0.208. The highest BCUT2D eigenvalue weighted by Gasteiger charge is 2.30. The van der Waals surface area contributed by atoms with E-state index in [1.165, 1.54) is 16.4 Å². The lowest BCUT2D eigenvalue weighted by molar-refractivity contribution is -0.134. The van der Waals surface area contributed by atoms with Crippen molar-refractivity contribution in [2.45, 2.75) is 4.90 Å². The van der Waals surface area contributed by atoms with Gasteiger partial charge in [0.25, 0.3) is 5.91 Å². The summed E-state index contributed by atoms with van der Waals surface area (Å²) in [5.74, 6) is -0.0792.